The lowest BCUT2D eigenvalue weighted by molar-refractivity contribution is -0.114. The molecule has 0 amide bonds. The molecule has 2 aromatic rings. The van der Waals surface area contributed by atoms with Gasteiger partial charge in [0.2, 0.25) is 11.1 Å². The number of anilines is 1. The van der Waals surface area contributed by atoms with Crippen molar-refractivity contribution in [1.29, 1.82) is 0 Å². The second-order valence-corrected chi connectivity index (χ2v) is 8.12. The van der Waals surface area contributed by atoms with E-state index in [0.29, 0.717) is 41.4 Å². The zero-order chi connectivity index (χ0) is 21.7. The molecule has 0 saturated carbocycles. The first-order valence-corrected chi connectivity index (χ1v) is 11.5. The highest BCUT2D eigenvalue weighted by Crippen LogP contribution is 2.39. The molecule has 2 heterocycles. The van der Waals surface area contributed by atoms with Gasteiger partial charge >= 0.3 is 0 Å². The van der Waals surface area contributed by atoms with Crippen molar-refractivity contribution in [2.75, 3.05) is 24.3 Å². The van der Waals surface area contributed by atoms with Crippen molar-refractivity contribution in [3.63, 3.8) is 0 Å². The third-order valence-electron chi connectivity index (χ3n) is 4.82. The molecule has 30 heavy (non-hydrogen) atoms. The van der Waals surface area contributed by atoms with Crippen LogP contribution >= 0.6 is 11.8 Å². The summed E-state index contributed by atoms with van der Waals surface area (Å²) in [4.78, 5) is 17.2. The van der Waals surface area contributed by atoms with Gasteiger partial charge in [0.1, 0.15) is 6.04 Å². The van der Waals surface area contributed by atoms with Gasteiger partial charge in [-0.2, -0.15) is 4.98 Å². The number of thioether (sulfide) groups is 1. The Balaban J connectivity index is 2.06. The molecule has 1 atom stereocenters. The number of nitrogens with one attached hydrogen (secondary N) is 1. The smallest absolute Gasteiger partial charge is 0.227 e. The van der Waals surface area contributed by atoms with Crippen molar-refractivity contribution < 1.29 is 14.3 Å². The van der Waals surface area contributed by atoms with Crippen LogP contribution in [0.4, 0.5) is 5.95 Å². The largest absolute Gasteiger partial charge is 0.490 e. The third-order valence-corrected chi connectivity index (χ3v) is 5.75. The molecular formula is C22H30N4O3S. The number of hydrogen-bond donors (Lipinski definition) is 1. The highest BCUT2D eigenvalue weighted by atomic mass is 32.2. The van der Waals surface area contributed by atoms with Crippen LogP contribution in [0.2, 0.25) is 0 Å². The fraction of sp³-hybridized carbons (Fsp3) is 0.500. The molecule has 0 saturated heterocycles. The third kappa shape index (κ3) is 4.64. The molecule has 3 rings (SSSR count). The van der Waals surface area contributed by atoms with Crippen LogP contribution in [0.3, 0.4) is 0 Å². The number of ether oxygens (including phenoxy) is 2. The van der Waals surface area contributed by atoms with Crippen LogP contribution in [0.15, 0.2) is 34.6 Å². The van der Waals surface area contributed by atoms with Gasteiger partial charge in [-0.1, -0.05) is 31.2 Å². The van der Waals surface area contributed by atoms with Crippen LogP contribution in [0, 0.1) is 0 Å². The van der Waals surface area contributed by atoms with Crippen molar-refractivity contribution >= 4 is 23.5 Å². The standard InChI is InChI=1S/C22H30N4O3S/c1-6-9-12-30-22-24-21-23-14(4)19(15(5)27)20(26(21)25-22)16-10-11-17(28-7-2)18(13-16)29-8-3/h10-11,13,20H,6-9,12H2,1-5H3,(H,23,24,25). The molecule has 0 aliphatic carbocycles. The minimum Gasteiger partial charge on any atom is -0.490 e. The molecule has 7 nitrogen and oxygen atoms in total. The predicted molar refractivity (Wildman–Crippen MR) is 120 cm³/mol. The average molecular weight is 431 g/mol. The average Bonchev–Trinajstić information content (AvgIpc) is 3.11. The highest BCUT2D eigenvalue weighted by molar-refractivity contribution is 7.99. The van der Waals surface area contributed by atoms with Crippen LogP contribution in [-0.2, 0) is 4.79 Å². The fourth-order valence-electron chi connectivity index (χ4n) is 3.50. The molecule has 1 N–H and O–H groups in total. The second-order valence-electron chi connectivity index (χ2n) is 7.06. The number of rotatable bonds is 10. The van der Waals surface area contributed by atoms with Crippen molar-refractivity contribution in [1.82, 2.24) is 14.8 Å². The molecule has 1 aliphatic rings. The number of nitrogens with zero attached hydrogens (tertiary/aromatic N) is 3. The van der Waals surface area contributed by atoms with Crippen molar-refractivity contribution in [2.24, 2.45) is 0 Å². The van der Waals surface area contributed by atoms with Gasteiger partial charge in [-0.3, -0.25) is 4.79 Å². The van der Waals surface area contributed by atoms with E-state index in [-0.39, 0.29) is 11.8 Å². The van der Waals surface area contributed by atoms with E-state index in [1.807, 2.05) is 43.7 Å². The summed E-state index contributed by atoms with van der Waals surface area (Å²) in [5.74, 6) is 2.96. The van der Waals surface area contributed by atoms with Gasteiger partial charge in [0, 0.05) is 17.0 Å². The molecule has 1 aliphatic heterocycles. The maximum Gasteiger partial charge on any atom is 0.227 e. The summed E-state index contributed by atoms with van der Waals surface area (Å²) in [6, 6.07) is 5.43. The Kier molecular flexibility index (Phi) is 7.42. The summed E-state index contributed by atoms with van der Waals surface area (Å²) in [6.07, 6.45) is 2.24. The number of Topliss-reactive ketones (excluding diaryl/α,β-unsaturated/α-hetero) is 1. The molecule has 1 aromatic heterocycles. The monoisotopic (exact) mass is 430 g/mol. The maximum atomic E-state index is 12.6. The zero-order valence-corrected chi connectivity index (χ0v) is 19.1. The number of unbranched alkanes of at least 4 members (excludes halogenated alkanes) is 1. The number of ketones is 1. The minimum absolute atomic E-state index is 0.00168. The summed E-state index contributed by atoms with van der Waals surface area (Å²) in [7, 11) is 0. The van der Waals surface area contributed by atoms with E-state index in [9.17, 15) is 4.79 Å². The first kappa shape index (κ1) is 22.2. The van der Waals surface area contributed by atoms with Gasteiger partial charge in [0.25, 0.3) is 0 Å². The zero-order valence-electron chi connectivity index (χ0n) is 18.3. The Morgan fingerprint density at radius 2 is 1.93 bits per heavy atom. The SMILES string of the molecule is CCCCSc1nc2n(n1)C(c1ccc(OCC)c(OCC)c1)C(C(C)=O)=C(C)N2. The van der Waals surface area contributed by atoms with Gasteiger partial charge < -0.3 is 14.8 Å². The molecule has 0 fully saturated rings. The molecule has 1 aromatic carbocycles. The lowest BCUT2D eigenvalue weighted by atomic mass is 9.93. The normalized spacial score (nSPS) is 15.6. The lowest BCUT2D eigenvalue weighted by Crippen LogP contribution is -2.27. The van der Waals surface area contributed by atoms with Gasteiger partial charge in [-0.25, -0.2) is 4.68 Å². The maximum absolute atomic E-state index is 12.6. The number of benzene rings is 1. The number of carbonyl (C=O) groups is 1. The van der Waals surface area contributed by atoms with Gasteiger partial charge in [0.05, 0.1) is 13.2 Å². The number of hydrogen-bond acceptors (Lipinski definition) is 7. The van der Waals surface area contributed by atoms with Gasteiger partial charge in [-0.05, 0) is 51.8 Å². The molecule has 162 valence electrons. The van der Waals surface area contributed by atoms with Crippen LogP contribution in [-0.4, -0.2) is 39.5 Å². The van der Waals surface area contributed by atoms with E-state index in [1.54, 1.807) is 18.7 Å². The highest BCUT2D eigenvalue weighted by Gasteiger charge is 2.33. The second kappa shape index (κ2) is 10.0. The number of allylic oxidation sites excluding steroid dienone is 2. The Morgan fingerprint density at radius 1 is 1.20 bits per heavy atom. The Morgan fingerprint density at radius 3 is 2.60 bits per heavy atom. The van der Waals surface area contributed by atoms with Crippen molar-refractivity contribution in [3.05, 3.63) is 35.0 Å². The van der Waals surface area contributed by atoms with E-state index >= 15 is 0 Å². The van der Waals surface area contributed by atoms with E-state index in [2.05, 4.69) is 17.2 Å². The van der Waals surface area contributed by atoms with Gasteiger partial charge in [-0.15, -0.1) is 5.10 Å². The van der Waals surface area contributed by atoms with E-state index < -0.39 is 0 Å². The van der Waals surface area contributed by atoms with Crippen LogP contribution in [0.1, 0.15) is 59.1 Å². The summed E-state index contributed by atoms with van der Waals surface area (Å²) in [6.45, 7) is 10.6. The quantitative estimate of drug-likeness (QED) is 0.426. The summed E-state index contributed by atoms with van der Waals surface area (Å²) in [5, 5.41) is 8.69. The van der Waals surface area contributed by atoms with E-state index in [4.69, 9.17) is 14.6 Å². The molecule has 0 spiro atoms. The van der Waals surface area contributed by atoms with E-state index in [1.165, 1.54) is 0 Å². The fourth-order valence-corrected chi connectivity index (χ4v) is 4.41. The van der Waals surface area contributed by atoms with E-state index in [0.717, 1.165) is 29.9 Å². The Hall–Kier alpha value is -2.48. The topological polar surface area (TPSA) is 78.3 Å². The lowest BCUT2D eigenvalue weighted by Gasteiger charge is -2.28. The Bertz CT molecular complexity index is 938. The summed E-state index contributed by atoms with van der Waals surface area (Å²) in [5.41, 5.74) is 2.37. The minimum atomic E-state index is -0.373. The number of carbonyl (C=O) groups excluding carboxylic acids is 1. The molecular weight excluding hydrogens is 400 g/mol. The first-order chi connectivity index (χ1) is 14.5. The van der Waals surface area contributed by atoms with Crippen LogP contribution < -0.4 is 14.8 Å². The van der Waals surface area contributed by atoms with Crippen molar-refractivity contribution in [2.45, 2.75) is 58.7 Å². The van der Waals surface area contributed by atoms with Crippen LogP contribution in [0.5, 0.6) is 11.5 Å². The number of aromatic nitrogens is 3. The van der Waals surface area contributed by atoms with Crippen molar-refractivity contribution in [3.8, 4) is 11.5 Å². The molecule has 0 radical (unpaired) electrons. The first-order valence-electron chi connectivity index (χ1n) is 10.5. The number of fused-ring (bicyclic) bond motifs is 1. The Labute approximate surface area is 182 Å². The molecule has 8 heteroatoms. The van der Waals surface area contributed by atoms with Gasteiger partial charge in [0.15, 0.2) is 17.3 Å². The molecule has 1 unspecified atom stereocenters. The molecule has 0 bridgehead atoms. The predicted octanol–water partition coefficient (Wildman–Crippen LogP) is 4.85. The van der Waals surface area contributed by atoms with Crippen LogP contribution in [0.25, 0.3) is 0 Å². The summed E-state index contributed by atoms with van der Waals surface area (Å²) < 4.78 is 13.3. The summed E-state index contributed by atoms with van der Waals surface area (Å²) >= 11 is 1.64.